The SMILES string of the molecule is COc1ccc(-c2ccccc2)c(P(c2c(C)cccc2S(=O)(=O)O)c2c(-c3ccccc3)ccc(OC)c2OC)c1OC. The standard InChI is InChI=1S/C35H33O7PS/c1-23-13-12-18-30(44(36,37)38)33(23)43(34-26(24-14-8-6-9-15-24)19-21-28(39-2)31(34)41-4)35-27(25-16-10-7-11-17-25)20-22-29(40-3)32(35)42-5/h6-22H,1-5H3,(H,36,37,38). The Morgan fingerprint density at radius 2 is 1.00 bits per heavy atom. The summed E-state index contributed by atoms with van der Waals surface area (Å²) in [6, 6.07) is 32.0. The van der Waals surface area contributed by atoms with E-state index < -0.39 is 18.0 Å². The summed E-state index contributed by atoms with van der Waals surface area (Å²) < 4.78 is 60.6. The minimum Gasteiger partial charge on any atom is -0.493 e. The first kappa shape index (κ1) is 31.1. The molecular formula is C35H33O7PS. The van der Waals surface area contributed by atoms with Crippen LogP contribution in [0.15, 0.2) is 108 Å². The highest BCUT2D eigenvalue weighted by atomic mass is 32.2. The molecule has 1 N–H and O–H groups in total. The van der Waals surface area contributed by atoms with Crippen molar-refractivity contribution in [2.45, 2.75) is 11.8 Å². The Bertz CT molecular complexity index is 1790. The average Bonchev–Trinajstić information content (AvgIpc) is 3.05. The minimum atomic E-state index is -4.67. The fourth-order valence-electron chi connectivity index (χ4n) is 5.43. The molecule has 44 heavy (non-hydrogen) atoms. The van der Waals surface area contributed by atoms with Crippen LogP contribution in [0.5, 0.6) is 23.0 Å². The summed E-state index contributed by atoms with van der Waals surface area (Å²) in [7, 11) is -0.313. The van der Waals surface area contributed by atoms with Crippen molar-refractivity contribution in [3.05, 3.63) is 109 Å². The van der Waals surface area contributed by atoms with Gasteiger partial charge in [-0.1, -0.05) is 72.8 Å². The lowest BCUT2D eigenvalue weighted by molar-refractivity contribution is 0.357. The van der Waals surface area contributed by atoms with Crippen LogP contribution in [0, 0.1) is 6.92 Å². The fourth-order valence-corrected chi connectivity index (χ4v) is 9.80. The zero-order valence-corrected chi connectivity index (χ0v) is 26.8. The molecule has 9 heteroatoms. The Kier molecular flexibility index (Phi) is 9.25. The lowest BCUT2D eigenvalue weighted by atomic mass is 10.0. The molecule has 0 aromatic heterocycles. The molecule has 0 unspecified atom stereocenters. The molecular weight excluding hydrogens is 595 g/mol. The van der Waals surface area contributed by atoms with E-state index in [9.17, 15) is 13.0 Å². The Morgan fingerprint density at radius 3 is 1.39 bits per heavy atom. The molecule has 226 valence electrons. The summed E-state index contributed by atoms with van der Waals surface area (Å²) in [5.41, 5.74) is 4.06. The highest BCUT2D eigenvalue weighted by molar-refractivity contribution is 7.88. The van der Waals surface area contributed by atoms with Gasteiger partial charge in [0.05, 0.1) is 28.4 Å². The normalized spacial score (nSPS) is 11.3. The van der Waals surface area contributed by atoms with Gasteiger partial charge in [0.2, 0.25) is 0 Å². The second kappa shape index (κ2) is 13.1. The van der Waals surface area contributed by atoms with Gasteiger partial charge in [0.15, 0.2) is 23.0 Å². The first-order valence-electron chi connectivity index (χ1n) is 13.7. The van der Waals surface area contributed by atoms with E-state index in [1.165, 1.54) is 6.07 Å². The predicted octanol–water partition coefficient (Wildman–Crippen LogP) is 6.37. The van der Waals surface area contributed by atoms with Crippen molar-refractivity contribution in [2.75, 3.05) is 28.4 Å². The van der Waals surface area contributed by atoms with E-state index in [2.05, 4.69) is 0 Å². The van der Waals surface area contributed by atoms with E-state index in [1.54, 1.807) is 34.5 Å². The molecule has 0 spiro atoms. The van der Waals surface area contributed by atoms with Crippen molar-refractivity contribution in [2.24, 2.45) is 0 Å². The van der Waals surface area contributed by atoms with E-state index in [0.717, 1.165) is 22.3 Å². The van der Waals surface area contributed by atoms with Crippen molar-refractivity contribution in [1.29, 1.82) is 0 Å². The van der Waals surface area contributed by atoms with Crippen LogP contribution in [0.3, 0.4) is 0 Å². The highest BCUT2D eigenvalue weighted by Crippen LogP contribution is 2.51. The average molecular weight is 629 g/mol. The minimum absolute atomic E-state index is 0.198. The number of methoxy groups -OCH3 is 4. The van der Waals surface area contributed by atoms with Gasteiger partial charge in [-0.05, 0) is 73.0 Å². The van der Waals surface area contributed by atoms with Gasteiger partial charge in [-0.25, -0.2) is 0 Å². The van der Waals surface area contributed by atoms with Crippen LogP contribution in [0.4, 0.5) is 0 Å². The topological polar surface area (TPSA) is 91.3 Å². The molecule has 0 aliphatic rings. The van der Waals surface area contributed by atoms with Crippen molar-refractivity contribution in [3.63, 3.8) is 0 Å². The van der Waals surface area contributed by atoms with Crippen LogP contribution in [0.25, 0.3) is 22.3 Å². The van der Waals surface area contributed by atoms with Gasteiger partial charge in [0, 0.05) is 15.9 Å². The Balaban J connectivity index is 2.09. The molecule has 0 radical (unpaired) electrons. The lowest BCUT2D eigenvalue weighted by Gasteiger charge is -2.31. The van der Waals surface area contributed by atoms with Crippen LogP contribution < -0.4 is 34.9 Å². The van der Waals surface area contributed by atoms with Gasteiger partial charge in [-0.2, -0.15) is 8.42 Å². The molecule has 0 aliphatic heterocycles. The molecule has 5 rings (SSSR count). The number of benzene rings is 5. The summed E-state index contributed by atoms with van der Waals surface area (Å²) in [6.45, 7) is 1.84. The molecule has 0 bridgehead atoms. The number of hydrogen-bond acceptors (Lipinski definition) is 6. The van der Waals surface area contributed by atoms with Gasteiger partial charge >= 0.3 is 0 Å². The smallest absolute Gasteiger partial charge is 0.295 e. The van der Waals surface area contributed by atoms with Crippen molar-refractivity contribution in [3.8, 4) is 45.3 Å². The molecule has 5 aromatic carbocycles. The Morgan fingerprint density at radius 1 is 0.545 bits per heavy atom. The van der Waals surface area contributed by atoms with Gasteiger partial charge in [-0.15, -0.1) is 0 Å². The van der Waals surface area contributed by atoms with Gasteiger partial charge in [0.1, 0.15) is 4.90 Å². The summed E-state index contributed by atoms with van der Waals surface area (Å²) in [4.78, 5) is -0.198. The van der Waals surface area contributed by atoms with Crippen LogP contribution in [-0.4, -0.2) is 41.4 Å². The summed E-state index contributed by atoms with van der Waals surface area (Å²) in [5.74, 6) is 1.82. The van der Waals surface area contributed by atoms with Gasteiger partial charge in [0.25, 0.3) is 10.1 Å². The third-order valence-electron chi connectivity index (χ3n) is 7.36. The summed E-state index contributed by atoms with van der Waals surface area (Å²) in [5, 5.41) is 1.81. The molecule has 0 saturated carbocycles. The zero-order valence-electron chi connectivity index (χ0n) is 25.1. The summed E-state index contributed by atoms with van der Waals surface area (Å²) >= 11 is 0. The molecule has 0 fully saturated rings. The molecule has 0 saturated heterocycles. The third kappa shape index (κ3) is 5.76. The van der Waals surface area contributed by atoms with Gasteiger partial charge < -0.3 is 18.9 Å². The number of rotatable bonds is 10. The lowest BCUT2D eigenvalue weighted by Crippen LogP contribution is -2.30. The number of ether oxygens (including phenoxy) is 4. The van der Waals surface area contributed by atoms with Crippen molar-refractivity contribution in [1.82, 2.24) is 0 Å². The quantitative estimate of drug-likeness (QED) is 0.142. The molecule has 0 aliphatic carbocycles. The van der Waals surface area contributed by atoms with Crippen LogP contribution in [-0.2, 0) is 10.1 Å². The van der Waals surface area contributed by atoms with E-state index in [0.29, 0.717) is 44.5 Å². The van der Waals surface area contributed by atoms with Crippen LogP contribution >= 0.6 is 7.92 Å². The predicted molar refractivity (Wildman–Crippen MR) is 177 cm³/mol. The molecule has 7 nitrogen and oxygen atoms in total. The zero-order chi connectivity index (χ0) is 31.4. The van der Waals surface area contributed by atoms with Crippen LogP contribution in [0.2, 0.25) is 0 Å². The van der Waals surface area contributed by atoms with E-state index in [-0.39, 0.29) is 4.90 Å². The van der Waals surface area contributed by atoms with E-state index >= 15 is 0 Å². The maximum absolute atomic E-state index is 13.1. The third-order valence-corrected chi connectivity index (χ3v) is 11.2. The number of hydrogen-bond donors (Lipinski definition) is 1. The molecule has 0 atom stereocenters. The van der Waals surface area contributed by atoms with Crippen molar-refractivity contribution >= 4 is 34.0 Å². The largest absolute Gasteiger partial charge is 0.493 e. The fraction of sp³-hybridized carbons (Fsp3) is 0.143. The molecule has 0 heterocycles. The van der Waals surface area contributed by atoms with Crippen LogP contribution in [0.1, 0.15) is 5.56 Å². The van der Waals surface area contributed by atoms with Gasteiger partial charge in [-0.3, -0.25) is 4.55 Å². The highest BCUT2D eigenvalue weighted by Gasteiger charge is 2.36. The number of aryl methyl sites for hydroxylation is 1. The second-order valence-electron chi connectivity index (χ2n) is 9.86. The maximum Gasteiger partial charge on any atom is 0.295 e. The monoisotopic (exact) mass is 628 g/mol. The maximum atomic E-state index is 13.1. The van der Waals surface area contributed by atoms with E-state index in [4.69, 9.17) is 18.9 Å². The molecule has 0 amide bonds. The Labute approximate surface area is 259 Å². The first-order valence-corrected chi connectivity index (χ1v) is 16.5. The first-order chi connectivity index (χ1) is 21.2. The van der Waals surface area contributed by atoms with E-state index in [1.807, 2.05) is 97.9 Å². The van der Waals surface area contributed by atoms with Crippen molar-refractivity contribution < 1.29 is 31.9 Å². The summed E-state index contributed by atoms with van der Waals surface area (Å²) in [6.07, 6.45) is 0. The Hall–Kier alpha value is -4.36. The second-order valence-corrected chi connectivity index (χ2v) is 13.3. The molecule has 5 aromatic rings.